The Labute approximate surface area is 189 Å². The maximum Gasteiger partial charge on any atom is 0.244 e. The molecule has 3 heterocycles. The molecule has 2 aromatic heterocycles. The van der Waals surface area contributed by atoms with E-state index in [9.17, 15) is 13.2 Å². The highest BCUT2D eigenvalue weighted by atomic mass is 35.5. The third kappa shape index (κ3) is 4.67. The normalized spacial score (nSPS) is 17.6. The van der Waals surface area contributed by atoms with Crippen LogP contribution in [0.5, 0.6) is 0 Å². The second kappa shape index (κ2) is 8.70. The van der Waals surface area contributed by atoms with E-state index >= 15 is 0 Å². The number of hydrogen-bond acceptors (Lipinski definition) is 7. The van der Waals surface area contributed by atoms with Crippen molar-refractivity contribution in [1.29, 1.82) is 0 Å². The lowest BCUT2D eigenvalue weighted by Crippen LogP contribution is -2.43. The molecule has 3 aromatic rings. The summed E-state index contributed by atoms with van der Waals surface area (Å²) in [5, 5.41) is 7.22. The van der Waals surface area contributed by atoms with E-state index in [1.54, 1.807) is 44.2 Å². The van der Waals surface area contributed by atoms with Gasteiger partial charge in [0.25, 0.3) is 0 Å². The van der Waals surface area contributed by atoms with Gasteiger partial charge in [-0.15, -0.1) is 11.3 Å². The number of carbonyl (C=O) groups excluding carboxylic acids is 1. The summed E-state index contributed by atoms with van der Waals surface area (Å²) in [4.78, 5) is 18.4. The van der Waals surface area contributed by atoms with Crippen molar-refractivity contribution >= 4 is 44.6 Å². The average Bonchev–Trinajstić information content (AvgIpc) is 3.34. The Hall–Kier alpha value is -2.27. The van der Waals surface area contributed by atoms with Crippen LogP contribution in [0.15, 0.2) is 39.8 Å². The summed E-state index contributed by atoms with van der Waals surface area (Å²) < 4.78 is 33.1. The van der Waals surface area contributed by atoms with E-state index in [4.69, 9.17) is 16.1 Å². The van der Waals surface area contributed by atoms with Gasteiger partial charge in [0, 0.05) is 35.6 Å². The predicted molar refractivity (Wildman–Crippen MR) is 119 cm³/mol. The lowest BCUT2D eigenvalue weighted by Gasteiger charge is -2.31. The maximum absolute atomic E-state index is 13.3. The van der Waals surface area contributed by atoms with Crippen LogP contribution in [-0.4, -0.2) is 41.9 Å². The third-order valence-corrected chi connectivity index (χ3v) is 8.49. The zero-order valence-corrected chi connectivity index (χ0v) is 19.4. The zero-order valence-electron chi connectivity index (χ0n) is 17.0. The Kier molecular flexibility index (Phi) is 6.16. The van der Waals surface area contributed by atoms with E-state index in [1.165, 1.54) is 15.6 Å². The SMILES string of the molecule is Cc1nc(-c2cc(S(=O)(=O)N3CCCC(C(=O)Nc4cccc(Cl)c4)C3)c(C)s2)no1. The van der Waals surface area contributed by atoms with E-state index < -0.39 is 15.9 Å². The predicted octanol–water partition coefficient (Wildman–Crippen LogP) is 4.11. The van der Waals surface area contributed by atoms with Gasteiger partial charge >= 0.3 is 0 Å². The fraction of sp³-hybridized carbons (Fsp3) is 0.350. The number of amides is 1. The molecule has 0 radical (unpaired) electrons. The van der Waals surface area contributed by atoms with Crippen molar-refractivity contribution in [3.05, 3.63) is 46.1 Å². The van der Waals surface area contributed by atoms with Crippen LogP contribution in [0.4, 0.5) is 5.69 Å². The van der Waals surface area contributed by atoms with Gasteiger partial charge in [-0.1, -0.05) is 22.8 Å². The minimum Gasteiger partial charge on any atom is -0.339 e. The molecular formula is C20H21ClN4O4S2. The first-order chi connectivity index (χ1) is 14.7. The van der Waals surface area contributed by atoms with Gasteiger partial charge in [-0.25, -0.2) is 8.42 Å². The van der Waals surface area contributed by atoms with Gasteiger partial charge < -0.3 is 9.84 Å². The Morgan fingerprint density at radius 2 is 2.13 bits per heavy atom. The molecule has 1 aliphatic heterocycles. The van der Waals surface area contributed by atoms with Crippen molar-refractivity contribution in [2.24, 2.45) is 5.92 Å². The molecule has 1 amide bonds. The van der Waals surface area contributed by atoms with Gasteiger partial charge in [0.1, 0.15) is 0 Å². The highest BCUT2D eigenvalue weighted by molar-refractivity contribution is 7.89. The minimum atomic E-state index is -3.76. The van der Waals surface area contributed by atoms with Crippen LogP contribution in [-0.2, 0) is 14.8 Å². The van der Waals surface area contributed by atoms with Crippen molar-refractivity contribution in [3.63, 3.8) is 0 Å². The van der Waals surface area contributed by atoms with E-state index in [1.807, 2.05) is 0 Å². The van der Waals surface area contributed by atoms with E-state index in [-0.39, 0.29) is 17.3 Å². The number of halogens is 1. The molecule has 8 nitrogen and oxygen atoms in total. The summed E-state index contributed by atoms with van der Waals surface area (Å²) in [6, 6.07) is 8.45. The Morgan fingerprint density at radius 3 is 2.84 bits per heavy atom. The molecule has 1 aliphatic rings. The molecule has 1 unspecified atom stereocenters. The summed E-state index contributed by atoms with van der Waals surface area (Å²) in [6.45, 7) is 3.92. The first-order valence-corrected chi connectivity index (χ1v) is 12.3. The number of hydrogen-bond donors (Lipinski definition) is 1. The van der Waals surface area contributed by atoms with Crippen molar-refractivity contribution in [2.75, 3.05) is 18.4 Å². The number of rotatable bonds is 5. The van der Waals surface area contributed by atoms with Gasteiger partial charge in [0.15, 0.2) is 0 Å². The number of anilines is 1. The molecule has 4 rings (SSSR count). The molecule has 0 spiro atoms. The second-order valence-corrected chi connectivity index (χ2v) is 11.0. The monoisotopic (exact) mass is 480 g/mol. The lowest BCUT2D eigenvalue weighted by molar-refractivity contribution is -0.120. The number of aryl methyl sites for hydroxylation is 2. The molecule has 0 bridgehead atoms. The van der Waals surface area contributed by atoms with Crippen LogP contribution in [0, 0.1) is 19.8 Å². The van der Waals surface area contributed by atoms with Gasteiger partial charge in [-0.2, -0.15) is 9.29 Å². The fourth-order valence-corrected chi connectivity index (χ4v) is 6.76. The summed E-state index contributed by atoms with van der Waals surface area (Å²) in [5.74, 6) is 0.118. The van der Waals surface area contributed by atoms with Crippen molar-refractivity contribution in [3.8, 4) is 10.7 Å². The molecule has 0 aliphatic carbocycles. The maximum atomic E-state index is 13.3. The molecule has 31 heavy (non-hydrogen) atoms. The summed E-state index contributed by atoms with van der Waals surface area (Å²) >= 11 is 7.27. The Morgan fingerprint density at radius 1 is 1.32 bits per heavy atom. The molecule has 1 aromatic carbocycles. The topological polar surface area (TPSA) is 105 Å². The number of sulfonamides is 1. The van der Waals surface area contributed by atoms with Crippen LogP contribution in [0.2, 0.25) is 5.02 Å². The summed E-state index contributed by atoms with van der Waals surface area (Å²) in [6.07, 6.45) is 1.22. The standard InChI is InChI=1S/C20H21ClN4O4S2/c1-12-18(10-17(30-12)19-22-13(2)29-24-19)31(27,28)25-8-4-5-14(11-25)20(26)23-16-7-3-6-15(21)9-16/h3,6-7,9-10,14H,4-5,8,11H2,1-2H3,(H,23,26). The first-order valence-electron chi connectivity index (χ1n) is 9.72. The minimum absolute atomic E-state index is 0.126. The number of thiophene rings is 1. The smallest absolute Gasteiger partial charge is 0.244 e. The van der Waals surface area contributed by atoms with Crippen LogP contribution >= 0.6 is 22.9 Å². The molecule has 164 valence electrons. The van der Waals surface area contributed by atoms with E-state index in [0.717, 1.165) is 0 Å². The average molecular weight is 481 g/mol. The van der Waals surface area contributed by atoms with Crippen molar-refractivity contribution in [1.82, 2.24) is 14.4 Å². The molecule has 1 atom stereocenters. The third-order valence-electron chi connectivity index (χ3n) is 5.09. The van der Waals surface area contributed by atoms with Gasteiger partial charge in [0.05, 0.1) is 15.7 Å². The fourth-order valence-electron chi connectivity index (χ4n) is 3.56. The largest absolute Gasteiger partial charge is 0.339 e. The number of carbonyl (C=O) groups is 1. The second-order valence-electron chi connectivity index (χ2n) is 7.37. The molecular weight excluding hydrogens is 460 g/mol. The van der Waals surface area contributed by atoms with Crippen molar-refractivity contribution in [2.45, 2.75) is 31.6 Å². The van der Waals surface area contributed by atoms with Gasteiger partial charge in [0.2, 0.25) is 27.6 Å². The highest BCUT2D eigenvalue weighted by Gasteiger charge is 2.35. The van der Waals surface area contributed by atoms with Gasteiger partial charge in [-0.05, 0) is 44.0 Å². The van der Waals surface area contributed by atoms with Crippen LogP contribution in [0.1, 0.15) is 23.6 Å². The van der Waals surface area contributed by atoms with Crippen LogP contribution in [0.3, 0.4) is 0 Å². The summed E-state index contributed by atoms with van der Waals surface area (Å²) in [5.41, 5.74) is 0.589. The molecule has 1 saturated heterocycles. The van der Waals surface area contributed by atoms with Gasteiger partial charge in [-0.3, -0.25) is 4.79 Å². The first kappa shape index (κ1) is 21.9. The Balaban J connectivity index is 1.52. The molecule has 0 saturated carbocycles. The number of nitrogens with zero attached hydrogens (tertiary/aromatic N) is 3. The Bertz CT molecular complexity index is 1220. The number of benzene rings is 1. The van der Waals surface area contributed by atoms with E-state index in [2.05, 4.69) is 15.5 Å². The van der Waals surface area contributed by atoms with Crippen LogP contribution in [0.25, 0.3) is 10.7 Å². The van der Waals surface area contributed by atoms with E-state index in [0.29, 0.717) is 51.6 Å². The molecule has 1 N–H and O–H groups in total. The number of aromatic nitrogens is 2. The lowest BCUT2D eigenvalue weighted by atomic mass is 9.99. The highest BCUT2D eigenvalue weighted by Crippen LogP contribution is 2.35. The quantitative estimate of drug-likeness (QED) is 0.589. The van der Waals surface area contributed by atoms with Crippen LogP contribution < -0.4 is 5.32 Å². The summed E-state index contributed by atoms with van der Waals surface area (Å²) in [7, 11) is -3.76. The number of piperidine rings is 1. The number of nitrogens with one attached hydrogen (secondary N) is 1. The molecule has 1 fully saturated rings. The molecule has 11 heteroatoms. The zero-order chi connectivity index (χ0) is 22.2. The van der Waals surface area contributed by atoms with Crippen molar-refractivity contribution < 1.29 is 17.7 Å².